The normalized spacial score (nSPS) is 12.1. The number of aromatic nitrogens is 2. The Morgan fingerprint density at radius 1 is 0.771 bits per heavy atom. The number of carbonyl (C=O) groups is 2. The Labute approximate surface area is 203 Å². The molecule has 1 aliphatic rings. The van der Waals surface area contributed by atoms with Gasteiger partial charge in [-0.3, -0.25) is 30.4 Å². The molecule has 3 heterocycles. The molecular formula is C27H23N6O2. The predicted octanol–water partition coefficient (Wildman–Crippen LogP) is 3.76. The van der Waals surface area contributed by atoms with E-state index >= 15 is 0 Å². The van der Waals surface area contributed by atoms with Crippen LogP contribution in [0.15, 0.2) is 116 Å². The van der Waals surface area contributed by atoms with Crippen LogP contribution in [0.4, 0.5) is 11.4 Å². The number of rotatable bonds is 6. The largest absolute Gasteiger partial charge is 0.299 e. The Balaban J connectivity index is 0.000000165. The van der Waals surface area contributed by atoms with Gasteiger partial charge in [0.2, 0.25) is 5.91 Å². The van der Waals surface area contributed by atoms with Gasteiger partial charge in [0.25, 0.3) is 5.91 Å². The van der Waals surface area contributed by atoms with Gasteiger partial charge < -0.3 is 0 Å². The van der Waals surface area contributed by atoms with Crippen LogP contribution in [0.1, 0.15) is 11.1 Å². The van der Waals surface area contributed by atoms with Crippen molar-refractivity contribution in [3.63, 3.8) is 0 Å². The third kappa shape index (κ3) is 6.75. The first kappa shape index (κ1) is 23.2. The lowest BCUT2D eigenvalue weighted by atomic mass is 10.1. The monoisotopic (exact) mass is 463 g/mol. The number of pyridine rings is 2. The van der Waals surface area contributed by atoms with Crippen molar-refractivity contribution in [3.8, 4) is 0 Å². The van der Waals surface area contributed by atoms with Crippen LogP contribution in [0.25, 0.3) is 5.57 Å². The second-order valence-electron chi connectivity index (χ2n) is 7.44. The molecule has 5 rings (SSSR count). The van der Waals surface area contributed by atoms with Crippen molar-refractivity contribution < 1.29 is 9.59 Å². The number of amides is 2. The van der Waals surface area contributed by atoms with Crippen molar-refractivity contribution in [1.29, 1.82) is 0 Å². The molecule has 1 aliphatic heterocycles. The summed E-state index contributed by atoms with van der Waals surface area (Å²) in [6.45, 7) is 0. The maximum atomic E-state index is 11.9. The zero-order chi connectivity index (χ0) is 24.3. The number of carbonyl (C=O) groups excluding carboxylic acids is 2. The number of hydrogen-bond acceptors (Lipinski definition) is 6. The molecule has 4 aromatic rings. The molecule has 2 N–H and O–H groups in total. The molecule has 1 radical (unpaired) electrons. The topological polar surface area (TPSA) is 101 Å². The van der Waals surface area contributed by atoms with Crippen LogP contribution in [0.5, 0.6) is 0 Å². The van der Waals surface area contributed by atoms with Crippen LogP contribution in [0, 0.1) is 0 Å². The van der Waals surface area contributed by atoms with Gasteiger partial charge in [0.05, 0.1) is 23.4 Å². The maximum Gasteiger partial charge on any atom is 0.296 e. The summed E-state index contributed by atoms with van der Waals surface area (Å²) in [4.78, 5) is 31.3. The molecule has 0 atom stereocenters. The maximum absolute atomic E-state index is 11.9. The molecule has 173 valence electrons. The fraction of sp³-hybridized carbons (Fsp3) is 0.0370. The van der Waals surface area contributed by atoms with Gasteiger partial charge in [-0.15, -0.1) is 5.43 Å². The Kier molecular flexibility index (Phi) is 7.79. The second-order valence-corrected chi connectivity index (χ2v) is 7.44. The van der Waals surface area contributed by atoms with Crippen molar-refractivity contribution in [2.45, 2.75) is 6.42 Å². The van der Waals surface area contributed by atoms with Gasteiger partial charge in [-0.1, -0.05) is 36.4 Å². The van der Waals surface area contributed by atoms with E-state index in [1.54, 1.807) is 48.1 Å². The molecule has 0 unspecified atom stereocenters. The fourth-order valence-electron chi connectivity index (χ4n) is 3.19. The first-order chi connectivity index (χ1) is 17.2. The second kappa shape index (κ2) is 11.8. The van der Waals surface area contributed by atoms with E-state index in [9.17, 15) is 9.59 Å². The molecule has 8 nitrogen and oxygen atoms in total. The Morgan fingerprint density at radius 2 is 1.37 bits per heavy atom. The SMILES string of the molecule is O=C(Cc1ccncc1)NNc1ccccc1.O=C1[N]N(c2ccccc2)C=C1c1ccncc1. The number of benzene rings is 2. The van der Waals surface area contributed by atoms with Crippen molar-refractivity contribution in [2.24, 2.45) is 0 Å². The van der Waals surface area contributed by atoms with Crippen molar-refractivity contribution >= 4 is 28.8 Å². The van der Waals surface area contributed by atoms with Gasteiger partial charge in [-0.2, -0.15) is 0 Å². The lowest BCUT2D eigenvalue weighted by Crippen LogP contribution is -2.30. The molecule has 0 saturated heterocycles. The van der Waals surface area contributed by atoms with Gasteiger partial charge in [0, 0.05) is 31.0 Å². The summed E-state index contributed by atoms with van der Waals surface area (Å²) in [5.41, 5.74) is 13.6. The van der Waals surface area contributed by atoms with E-state index in [0.29, 0.717) is 12.0 Å². The van der Waals surface area contributed by atoms with Crippen LogP contribution >= 0.6 is 0 Å². The van der Waals surface area contributed by atoms with Crippen LogP contribution in [0.2, 0.25) is 0 Å². The predicted molar refractivity (Wildman–Crippen MR) is 134 cm³/mol. The van der Waals surface area contributed by atoms with Crippen molar-refractivity contribution in [2.75, 3.05) is 10.4 Å². The Bertz CT molecular complexity index is 1270. The van der Waals surface area contributed by atoms with Crippen LogP contribution < -0.4 is 21.3 Å². The third-order valence-corrected chi connectivity index (χ3v) is 4.93. The van der Waals surface area contributed by atoms with Crippen molar-refractivity contribution in [3.05, 3.63) is 127 Å². The summed E-state index contributed by atoms with van der Waals surface area (Å²) in [5.74, 6) is -0.315. The standard InChI is InChI=1S/C14H10N3O.C13H13N3O/c18-14-13(11-6-8-15-9-7-11)10-17(16-14)12-4-2-1-3-5-12;17-13(10-11-6-8-14-9-7-11)16-15-12-4-2-1-3-5-12/h1-10H;1-9,15H,10H2,(H,16,17). The Hall–Kier alpha value is -4.98. The number of hydrazine groups is 1. The number of nitrogens with one attached hydrogen (secondary N) is 2. The minimum Gasteiger partial charge on any atom is -0.299 e. The zero-order valence-electron chi connectivity index (χ0n) is 18.8. The molecule has 0 saturated carbocycles. The average Bonchev–Trinajstić information content (AvgIpc) is 3.32. The summed E-state index contributed by atoms with van der Waals surface area (Å²) < 4.78 is 0. The quantitative estimate of drug-likeness (QED) is 0.422. The van der Waals surface area contributed by atoms with E-state index in [-0.39, 0.29) is 11.8 Å². The molecule has 0 aliphatic carbocycles. The number of anilines is 2. The molecule has 8 heteroatoms. The molecule has 0 spiro atoms. The van der Waals surface area contributed by atoms with E-state index in [0.717, 1.165) is 22.5 Å². The highest BCUT2D eigenvalue weighted by Gasteiger charge is 2.25. The fourth-order valence-corrected chi connectivity index (χ4v) is 3.19. The lowest BCUT2D eigenvalue weighted by Gasteiger charge is -2.11. The molecule has 35 heavy (non-hydrogen) atoms. The summed E-state index contributed by atoms with van der Waals surface area (Å²) >= 11 is 0. The number of para-hydroxylation sites is 2. The van der Waals surface area contributed by atoms with Gasteiger partial charge in [0.1, 0.15) is 0 Å². The smallest absolute Gasteiger partial charge is 0.296 e. The van der Waals surface area contributed by atoms with E-state index < -0.39 is 0 Å². The van der Waals surface area contributed by atoms with Crippen LogP contribution in [-0.4, -0.2) is 21.8 Å². The Morgan fingerprint density at radius 3 is 2.03 bits per heavy atom. The lowest BCUT2D eigenvalue weighted by molar-refractivity contribution is -0.120. The van der Waals surface area contributed by atoms with Crippen LogP contribution in [-0.2, 0) is 16.0 Å². The van der Waals surface area contributed by atoms with Crippen LogP contribution in [0.3, 0.4) is 0 Å². The van der Waals surface area contributed by atoms with Gasteiger partial charge >= 0.3 is 0 Å². The molecule has 2 amide bonds. The third-order valence-electron chi connectivity index (χ3n) is 4.93. The van der Waals surface area contributed by atoms with Gasteiger partial charge in [-0.25, -0.2) is 5.01 Å². The zero-order valence-corrected chi connectivity index (χ0v) is 18.8. The average molecular weight is 464 g/mol. The summed E-state index contributed by atoms with van der Waals surface area (Å²) in [6.07, 6.45) is 8.75. The molecule has 2 aromatic heterocycles. The number of nitrogens with zero attached hydrogens (tertiary/aromatic N) is 4. The van der Waals surface area contributed by atoms with E-state index in [1.807, 2.05) is 72.8 Å². The van der Waals surface area contributed by atoms with E-state index in [4.69, 9.17) is 0 Å². The highest BCUT2D eigenvalue weighted by atomic mass is 16.2. The summed E-state index contributed by atoms with van der Waals surface area (Å²) in [5, 5.41) is 1.60. The minimum absolute atomic E-state index is 0.0833. The minimum atomic E-state index is -0.231. The summed E-state index contributed by atoms with van der Waals surface area (Å²) in [7, 11) is 0. The number of hydrogen-bond donors (Lipinski definition) is 2. The first-order valence-corrected chi connectivity index (χ1v) is 10.9. The highest BCUT2D eigenvalue weighted by molar-refractivity contribution is 6.22. The van der Waals surface area contributed by atoms with Crippen molar-refractivity contribution in [1.82, 2.24) is 20.8 Å². The van der Waals surface area contributed by atoms with Gasteiger partial charge in [0.15, 0.2) is 0 Å². The van der Waals surface area contributed by atoms with E-state index in [1.165, 1.54) is 0 Å². The first-order valence-electron chi connectivity index (χ1n) is 10.9. The molecular weight excluding hydrogens is 440 g/mol. The summed E-state index contributed by atoms with van der Waals surface area (Å²) in [6, 6.07) is 26.3. The highest BCUT2D eigenvalue weighted by Crippen LogP contribution is 2.24. The van der Waals surface area contributed by atoms with E-state index in [2.05, 4.69) is 26.2 Å². The molecule has 0 bridgehead atoms. The van der Waals surface area contributed by atoms with Gasteiger partial charge in [-0.05, 0) is 59.7 Å². The molecule has 2 aromatic carbocycles. The molecule has 0 fully saturated rings.